The fourth-order valence-electron chi connectivity index (χ4n) is 1.36. The van der Waals surface area contributed by atoms with Crippen LogP contribution in [0.1, 0.15) is 19.8 Å². The molecule has 0 aliphatic rings. The lowest BCUT2D eigenvalue weighted by atomic mass is 10.3. The highest BCUT2D eigenvalue weighted by atomic mass is 16.1. The Bertz CT molecular complexity index is 477. The molecule has 88 valence electrons. The molecular formula is C11H13N5O. The normalized spacial score (nSPS) is 10.2. The van der Waals surface area contributed by atoms with Crippen molar-refractivity contribution in [1.82, 2.24) is 20.0 Å². The lowest BCUT2D eigenvalue weighted by molar-refractivity contribution is -0.116. The number of nitrogens with one attached hydrogen (secondary N) is 1. The van der Waals surface area contributed by atoms with E-state index in [-0.39, 0.29) is 5.91 Å². The van der Waals surface area contributed by atoms with E-state index in [0.29, 0.717) is 17.9 Å². The zero-order valence-electron chi connectivity index (χ0n) is 9.50. The number of carbonyl (C=O) groups is 1. The second kappa shape index (κ2) is 5.20. The number of rotatable bonds is 4. The van der Waals surface area contributed by atoms with E-state index in [2.05, 4.69) is 20.5 Å². The zero-order valence-corrected chi connectivity index (χ0v) is 9.50. The van der Waals surface area contributed by atoms with Gasteiger partial charge in [-0.15, -0.1) is 4.80 Å². The van der Waals surface area contributed by atoms with Crippen LogP contribution < -0.4 is 5.32 Å². The van der Waals surface area contributed by atoms with Crippen molar-refractivity contribution < 1.29 is 4.79 Å². The third-order valence-corrected chi connectivity index (χ3v) is 2.13. The van der Waals surface area contributed by atoms with Crippen molar-refractivity contribution in [2.45, 2.75) is 19.8 Å². The third kappa shape index (κ3) is 2.87. The molecule has 0 unspecified atom stereocenters. The lowest BCUT2D eigenvalue weighted by Gasteiger charge is -2.04. The molecule has 0 aliphatic heterocycles. The molecule has 1 N–H and O–H groups in total. The predicted molar refractivity (Wildman–Crippen MR) is 62.7 cm³/mol. The Morgan fingerprint density at radius 2 is 2.12 bits per heavy atom. The van der Waals surface area contributed by atoms with Crippen molar-refractivity contribution in [3.63, 3.8) is 0 Å². The Balaban J connectivity index is 2.06. The maximum absolute atomic E-state index is 11.4. The fraction of sp³-hybridized carbons (Fsp3) is 0.273. The smallest absolute Gasteiger partial charge is 0.224 e. The van der Waals surface area contributed by atoms with Crippen LogP contribution in [0.25, 0.3) is 5.82 Å². The molecule has 2 rings (SSSR count). The highest BCUT2D eigenvalue weighted by molar-refractivity contribution is 5.90. The van der Waals surface area contributed by atoms with Crippen molar-refractivity contribution in [3.05, 3.63) is 30.7 Å². The van der Waals surface area contributed by atoms with Crippen LogP contribution in [-0.4, -0.2) is 25.9 Å². The minimum atomic E-state index is -0.000681. The first-order valence-electron chi connectivity index (χ1n) is 5.42. The zero-order chi connectivity index (χ0) is 12.1. The molecule has 0 fully saturated rings. The molecule has 0 spiro atoms. The van der Waals surface area contributed by atoms with E-state index in [1.807, 2.05) is 6.92 Å². The van der Waals surface area contributed by atoms with Crippen LogP contribution >= 0.6 is 0 Å². The summed E-state index contributed by atoms with van der Waals surface area (Å²) in [6.07, 6.45) is 6.10. The summed E-state index contributed by atoms with van der Waals surface area (Å²) in [5, 5.41) is 10.7. The summed E-state index contributed by atoms with van der Waals surface area (Å²) in [6.45, 7) is 1.96. The van der Waals surface area contributed by atoms with Crippen molar-refractivity contribution in [2.24, 2.45) is 0 Å². The second-order valence-corrected chi connectivity index (χ2v) is 3.52. The lowest BCUT2D eigenvalue weighted by Crippen LogP contribution is -2.11. The summed E-state index contributed by atoms with van der Waals surface area (Å²) < 4.78 is 0. The van der Waals surface area contributed by atoms with E-state index in [9.17, 15) is 4.79 Å². The molecule has 2 heterocycles. The largest absolute Gasteiger partial charge is 0.325 e. The fourth-order valence-corrected chi connectivity index (χ4v) is 1.36. The third-order valence-electron chi connectivity index (χ3n) is 2.13. The molecule has 0 aromatic carbocycles. The van der Waals surface area contributed by atoms with Crippen molar-refractivity contribution >= 4 is 11.6 Å². The molecule has 0 saturated carbocycles. The van der Waals surface area contributed by atoms with Gasteiger partial charge >= 0.3 is 0 Å². The van der Waals surface area contributed by atoms with Gasteiger partial charge in [-0.05, 0) is 18.6 Å². The monoisotopic (exact) mass is 231 g/mol. The Kier molecular flexibility index (Phi) is 3.44. The van der Waals surface area contributed by atoms with Crippen LogP contribution in [0.3, 0.4) is 0 Å². The van der Waals surface area contributed by atoms with E-state index < -0.39 is 0 Å². The summed E-state index contributed by atoms with van der Waals surface area (Å²) in [5.41, 5.74) is 0.680. The Hall–Kier alpha value is -2.24. The maximum atomic E-state index is 11.4. The van der Waals surface area contributed by atoms with Gasteiger partial charge in [0.15, 0.2) is 5.82 Å². The first kappa shape index (κ1) is 11.3. The number of hydrogen-bond donors (Lipinski definition) is 1. The quantitative estimate of drug-likeness (QED) is 0.863. The number of anilines is 1. The van der Waals surface area contributed by atoms with Gasteiger partial charge in [-0.2, -0.15) is 10.2 Å². The summed E-state index contributed by atoms with van der Waals surface area (Å²) in [6, 6.07) is 3.53. The van der Waals surface area contributed by atoms with Crippen LogP contribution in [0.15, 0.2) is 30.7 Å². The minimum Gasteiger partial charge on any atom is -0.325 e. The molecule has 6 heteroatoms. The van der Waals surface area contributed by atoms with Crippen LogP contribution in [0.2, 0.25) is 0 Å². The van der Waals surface area contributed by atoms with Crippen molar-refractivity contribution in [1.29, 1.82) is 0 Å². The van der Waals surface area contributed by atoms with E-state index in [1.165, 1.54) is 4.80 Å². The summed E-state index contributed by atoms with van der Waals surface area (Å²) in [5.74, 6) is 0.614. The molecule has 6 nitrogen and oxygen atoms in total. The molecule has 2 aromatic heterocycles. The number of nitrogens with zero attached hydrogens (tertiary/aromatic N) is 4. The number of carbonyl (C=O) groups excluding carboxylic acids is 1. The molecule has 2 aromatic rings. The molecule has 0 radical (unpaired) electrons. The number of amides is 1. The van der Waals surface area contributed by atoms with E-state index >= 15 is 0 Å². The molecule has 1 amide bonds. The van der Waals surface area contributed by atoms with Gasteiger partial charge < -0.3 is 5.32 Å². The number of aromatic nitrogens is 4. The highest BCUT2D eigenvalue weighted by Crippen LogP contribution is 2.08. The maximum Gasteiger partial charge on any atom is 0.224 e. The Labute approximate surface area is 98.7 Å². The van der Waals surface area contributed by atoms with Gasteiger partial charge in [0, 0.05) is 6.42 Å². The van der Waals surface area contributed by atoms with Crippen molar-refractivity contribution in [3.8, 4) is 5.82 Å². The van der Waals surface area contributed by atoms with E-state index in [1.54, 1.807) is 30.7 Å². The average Bonchev–Trinajstić information content (AvgIpc) is 2.84. The SMILES string of the molecule is CCCC(=O)Nc1ccc(-n2nccn2)nc1. The van der Waals surface area contributed by atoms with Crippen molar-refractivity contribution in [2.75, 3.05) is 5.32 Å². The highest BCUT2D eigenvalue weighted by Gasteiger charge is 2.02. The van der Waals surface area contributed by atoms with Crippen LogP contribution in [0.5, 0.6) is 0 Å². The minimum absolute atomic E-state index is 0.000681. The van der Waals surface area contributed by atoms with Gasteiger partial charge in [0.2, 0.25) is 5.91 Å². The average molecular weight is 231 g/mol. The molecule has 0 atom stereocenters. The number of hydrogen-bond acceptors (Lipinski definition) is 4. The first-order chi connectivity index (χ1) is 8.29. The van der Waals surface area contributed by atoms with Gasteiger partial charge in [0.05, 0.1) is 24.3 Å². The Morgan fingerprint density at radius 1 is 1.35 bits per heavy atom. The van der Waals surface area contributed by atoms with Gasteiger partial charge in [-0.25, -0.2) is 4.98 Å². The van der Waals surface area contributed by atoms with Crippen LogP contribution in [0.4, 0.5) is 5.69 Å². The molecule has 0 saturated heterocycles. The van der Waals surface area contributed by atoms with E-state index in [0.717, 1.165) is 6.42 Å². The van der Waals surface area contributed by atoms with Gasteiger partial charge in [0.25, 0.3) is 0 Å². The van der Waals surface area contributed by atoms with Crippen LogP contribution in [-0.2, 0) is 4.79 Å². The molecule has 0 bridgehead atoms. The second-order valence-electron chi connectivity index (χ2n) is 3.52. The molecule has 0 aliphatic carbocycles. The summed E-state index contributed by atoms with van der Waals surface area (Å²) >= 11 is 0. The topological polar surface area (TPSA) is 72.7 Å². The van der Waals surface area contributed by atoms with Gasteiger partial charge in [-0.3, -0.25) is 4.79 Å². The standard InChI is InChI=1S/C11H13N5O/c1-2-3-11(17)15-9-4-5-10(12-8-9)16-13-6-7-14-16/h4-8H,2-3H2,1H3,(H,15,17). The number of pyridine rings is 1. The van der Waals surface area contributed by atoms with Gasteiger partial charge in [-0.1, -0.05) is 6.92 Å². The summed E-state index contributed by atoms with van der Waals surface area (Å²) in [7, 11) is 0. The first-order valence-corrected chi connectivity index (χ1v) is 5.42. The van der Waals surface area contributed by atoms with Gasteiger partial charge in [0.1, 0.15) is 0 Å². The predicted octanol–water partition coefficient (Wildman–Crippen LogP) is 1.40. The van der Waals surface area contributed by atoms with Crippen LogP contribution in [0, 0.1) is 0 Å². The van der Waals surface area contributed by atoms with E-state index in [4.69, 9.17) is 0 Å². The summed E-state index contributed by atoms with van der Waals surface area (Å²) in [4.78, 5) is 16.9. The molecular weight excluding hydrogens is 218 g/mol. The molecule has 17 heavy (non-hydrogen) atoms. The Morgan fingerprint density at radius 3 is 2.71 bits per heavy atom.